The van der Waals surface area contributed by atoms with Crippen molar-refractivity contribution >= 4 is 18.0 Å². The first-order valence-corrected chi connectivity index (χ1v) is 6.11. The van der Waals surface area contributed by atoms with Crippen LogP contribution in [0, 0.1) is 0 Å². The van der Waals surface area contributed by atoms with Crippen molar-refractivity contribution < 1.29 is 14.3 Å². The van der Waals surface area contributed by atoms with Crippen LogP contribution in [0.2, 0.25) is 0 Å². The Morgan fingerprint density at radius 1 is 1.05 bits per heavy atom. The SMILES string of the molecule is NC(=O)C(=O)N/N=C\c1cccc(Oc2ccccc2)c1. The number of primary amides is 1. The quantitative estimate of drug-likeness (QED) is 0.504. The number of rotatable bonds is 4. The van der Waals surface area contributed by atoms with Crippen molar-refractivity contribution in [2.45, 2.75) is 0 Å². The Morgan fingerprint density at radius 2 is 1.76 bits per heavy atom. The fourth-order valence-corrected chi connectivity index (χ4v) is 1.50. The Hall–Kier alpha value is -3.15. The number of nitrogens with two attached hydrogens (primary N) is 1. The molecule has 0 unspecified atom stereocenters. The van der Waals surface area contributed by atoms with Crippen LogP contribution in [0.4, 0.5) is 0 Å². The van der Waals surface area contributed by atoms with E-state index in [2.05, 4.69) is 5.10 Å². The molecule has 6 heteroatoms. The molecule has 0 aliphatic heterocycles. The molecular weight excluding hydrogens is 270 g/mol. The average Bonchev–Trinajstić information content (AvgIpc) is 2.48. The van der Waals surface area contributed by atoms with Gasteiger partial charge < -0.3 is 10.5 Å². The van der Waals surface area contributed by atoms with Gasteiger partial charge in [0.05, 0.1) is 6.21 Å². The second-order valence-electron chi connectivity index (χ2n) is 4.05. The molecule has 0 fully saturated rings. The lowest BCUT2D eigenvalue weighted by molar-refractivity contribution is -0.137. The molecule has 2 aromatic carbocycles. The number of hydrogen-bond acceptors (Lipinski definition) is 4. The summed E-state index contributed by atoms with van der Waals surface area (Å²) in [7, 11) is 0. The van der Waals surface area contributed by atoms with E-state index >= 15 is 0 Å². The average molecular weight is 283 g/mol. The summed E-state index contributed by atoms with van der Waals surface area (Å²) in [5.41, 5.74) is 7.50. The smallest absolute Gasteiger partial charge is 0.329 e. The molecular formula is C15H13N3O3. The lowest BCUT2D eigenvalue weighted by Crippen LogP contribution is -2.32. The summed E-state index contributed by atoms with van der Waals surface area (Å²) in [5.74, 6) is -0.712. The molecule has 0 aliphatic carbocycles. The summed E-state index contributed by atoms with van der Waals surface area (Å²) in [6, 6.07) is 16.4. The summed E-state index contributed by atoms with van der Waals surface area (Å²) >= 11 is 0. The van der Waals surface area contributed by atoms with Crippen LogP contribution < -0.4 is 15.9 Å². The Bertz CT molecular complexity index is 669. The summed E-state index contributed by atoms with van der Waals surface area (Å²) in [6.07, 6.45) is 1.39. The molecule has 2 aromatic rings. The lowest BCUT2D eigenvalue weighted by Gasteiger charge is -2.05. The number of hydrogen-bond donors (Lipinski definition) is 2. The third-order valence-corrected chi connectivity index (χ3v) is 2.44. The van der Waals surface area contributed by atoms with Crippen LogP contribution in [-0.4, -0.2) is 18.0 Å². The van der Waals surface area contributed by atoms with Crippen LogP contribution in [0.3, 0.4) is 0 Å². The zero-order chi connectivity index (χ0) is 15.1. The minimum Gasteiger partial charge on any atom is -0.457 e. The minimum absolute atomic E-state index is 0.631. The first-order chi connectivity index (χ1) is 10.1. The number of nitrogens with zero attached hydrogens (tertiary/aromatic N) is 1. The second-order valence-corrected chi connectivity index (χ2v) is 4.05. The lowest BCUT2D eigenvalue weighted by atomic mass is 10.2. The maximum atomic E-state index is 10.9. The molecule has 0 radical (unpaired) electrons. The number of amides is 2. The van der Waals surface area contributed by atoms with Crippen LogP contribution in [0.15, 0.2) is 59.7 Å². The Morgan fingerprint density at radius 3 is 2.48 bits per heavy atom. The third-order valence-electron chi connectivity index (χ3n) is 2.44. The van der Waals surface area contributed by atoms with Crippen LogP contribution >= 0.6 is 0 Å². The summed E-state index contributed by atoms with van der Waals surface area (Å²) < 4.78 is 5.66. The van der Waals surface area contributed by atoms with Gasteiger partial charge in [-0.05, 0) is 29.8 Å². The molecule has 2 rings (SSSR count). The van der Waals surface area contributed by atoms with Crippen LogP contribution in [-0.2, 0) is 9.59 Å². The molecule has 0 saturated carbocycles. The van der Waals surface area contributed by atoms with Crippen molar-refractivity contribution in [2.24, 2.45) is 10.8 Å². The Labute approximate surface area is 121 Å². The van der Waals surface area contributed by atoms with Gasteiger partial charge in [-0.25, -0.2) is 5.43 Å². The molecule has 3 N–H and O–H groups in total. The zero-order valence-electron chi connectivity index (χ0n) is 11.0. The summed E-state index contributed by atoms with van der Waals surface area (Å²) in [4.78, 5) is 21.4. The van der Waals surface area contributed by atoms with Crippen molar-refractivity contribution in [2.75, 3.05) is 0 Å². The molecule has 0 aliphatic rings. The van der Waals surface area contributed by atoms with Crippen molar-refractivity contribution in [3.05, 3.63) is 60.2 Å². The maximum absolute atomic E-state index is 10.9. The number of carbonyl (C=O) groups is 2. The zero-order valence-corrected chi connectivity index (χ0v) is 11.0. The molecule has 0 atom stereocenters. The molecule has 2 amide bonds. The summed E-state index contributed by atoms with van der Waals surface area (Å²) in [5, 5.41) is 3.63. The highest BCUT2D eigenvalue weighted by atomic mass is 16.5. The summed E-state index contributed by atoms with van der Waals surface area (Å²) in [6.45, 7) is 0. The molecule has 0 saturated heterocycles. The monoisotopic (exact) mass is 283 g/mol. The Balaban J connectivity index is 2.02. The highest BCUT2D eigenvalue weighted by Gasteiger charge is 2.05. The number of hydrazone groups is 1. The topological polar surface area (TPSA) is 93.8 Å². The van der Waals surface area contributed by atoms with Crippen molar-refractivity contribution in [1.29, 1.82) is 0 Å². The Kier molecular flexibility index (Phi) is 4.66. The molecule has 0 bridgehead atoms. The molecule has 106 valence electrons. The van der Waals surface area contributed by atoms with Gasteiger partial charge in [0.15, 0.2) is 0 Å². The maximum Gasteiger partial charge on any atom is 0.329 e. The first kappa shape index (κ1) is 14.3. The first-order valence-electron chi connectivity index (χ1n) is 6.11. The van der Waals surface area contributed by atoms with Gasteiger partial charge in [-0.3, -0.25) is 9.59 Å². The van der Waals surface area contributed by atoms with Gasteiger partial charge in [0.1, 0.15) is 11.5 Å². The molecule has 21 heavy (non-hydrogen) atoms. The molecule has 0 spiro atoms. The van der Waals surface area contributed by atoms with Crippen LogP contribution in [0.25, 0.3) is 0 Å². The van der Waals surface area contributed by atoms with E-state index < -0.39 is 11.8 Å². The number of ether oxygens (including phenoxy) is 1. The molecule has 0 heterocycles. The van der Waals surface area contributed by atoms with Crippen LogP contribution in [0.5, 0.6) is 11.5 Å². The molecule has 0 aromatic heterocycles. The second kappa shape index (κ2) is 6.85. The van der Waals surface area contributed by atoms with Crippen molar-refractivity contribution in [3.63, 3.8) is 0 Å². The van der Waals surface area contributed by atoms with E-state index in [1.807, 2.05) is 35.8 Å². The highest BCUT2D eigenvalue weighted by molar-refractivity contribution is 6.34. The van der Waals surface area contributed by atoms with Gasteiger partial charge in [0, 0.05) is 0 Å². The van der Waals surface area contributed by atoms with E-state index in [0.29, 0.717) is 17.1 Å². The van der Waals surface area contributed by atoms with E-state index in [0.717, 1.165) is 0 Å². The van der Waals surface area contributed by atoms with Crippen LogP contribution in [0.1, 0.15) is 5.56 Å². The largest absolute Gasteiger partial charge is 0.457 e. The number of carbonyl (C=O) groups excluding carboxylic acids is 2. The van der Waals surface area contributed by atoms with Gasteiger partial charge in [0.2, 0.25) is 0 Å². The fraction of sp³-hybridized carbons (Fsp3) is 0. The minimum atomic E-state index is -1.09. The predicted molar refractivity (Wildman–Crippen MR) is 77.9 cm³/mol. The fourth-order valence-electron chi connectivity index (χ4n) is 1.50. The van der Waals surface area contributed by atoms with Crippen molar-refractivity contribution in [1.82, 2.24) is 5.43 Å². The van der Waals surface area contributed by atoms with E-state index in [1.54, 1.807) is 24.3 Å². The standard InChI is InChI=1S/C15H13N3O3/c16-14(19)15(20)18-17-10-11-5-4-8-13(9-11)21-12-6-2-1-3-7-12/h1-10H,(H2,16,19)(H,18,20)/b17-10-. The van der Waals surface area contributed by atoms with Crippen molar-refractivity contribution in [3.8, 4) is 11.5 Å². The van der Waals surface area contributed by atoms with Gasteiger partial charge in [-0.2, -0.15) is 5.10 Å². The van der Waals surface area contributed by atoms with E-state index in [4.69, 9.17) is 10.5 Å². The van der Waals surface area contributed by atoms with E-state index in [1.165, 1.54) is 6.21 Å². The number of para-hydroxylation sites is 1. The van der Waals surface area contributed by atoms with Gasteiger partial charge in [-0.1, -0.05) is 30.3 Å². The normalized spacial score (nSPS) is 10.3. The number of nitrogens with one attached hydrogen (secondary N) is 1. The molecule has 6 nitrogen and oxygen atoms in total. The van der Waals surface area contributed by atoms with E-state index in [9.17, 15) is 9.59 Å². The van der Waals surface area contributed by atoms with Gasteiger partial charge >= 0.3 is 11.8 Å². The van der Waals surface area contributed by atoms with Gasteiger partial charge in [0.25, 0.3) is 0 Å². The third kappa shape index (κ3) is 4.46. The highest BCUT2D eigenvalue weighted by Crippen LogP contribution is 2.21. The van der Waals surface area contributed by atoms with E-state index in [-0.39, 0.29) is 0 Å². The predicted octanol–water partition coefficient (Wildman–Crippen LogP) is 1.41. The number of benzene rings is 2. The van der Waals surface area contributed by atoms with Gasteiger partial charge in [-0.15, -0.1) is 0 Å².